The maximum atomic E-state index is 13.0. The van der Waals surface area contributed by atoms with Crippen molar-refractivity contribution in [3.63, 3.8) is 0 Å². The summed E-state index contributed by atoms with van der Waals surface area (Å²) in [6, 6.07) is 0. The molecule has 0 unspecified atom stereocenters. The van der Waals surface area contributed by atoms with Gasteiger partial charge in [-0.15, -0.1) is 0 Å². The summed E-state index contributed by atoms with van der Waals surface area (Å²) >= 11 is 0. The van der Waals surface area contributed by atoms with E-state index in [-0.39, 0.29) is 0 Å². The molecule has 0 aliphatic heterocycles. The molecule has 0 N–H and O–H groups in total. The van der Waals surface area contributed by atoms with Crippen LogP contribution in [0.5, 0.6) is 0 Å². The van der Waals surface area contributed by atoms with E-state index in [1.54, 1.807) is 5.82 Å². The van der Waals surface area contributed by atoms with Gasteiger partial charge in [0, 0.05) is 5.82 Å². The van der Waals surface area contributed by atoms with Crippen LogP contribution in [0.3, 0.4) is 0 Å². The van der Waals surface area contributed by atoms with Crippen LogP contribution in [0.4, 0.5) is 0 Å². The Bertz CT molecular complexity index is 371. The van der Waals surface area contributed by atoms with Crippen LogP contribution in [0.1, 0.15) is 124 Å². The molecule has 168 valence electrons. The summed E-state index contributed by atoms with van der Waals surface area (Å²) in [4.78, 5) is 0. The minimum absolute atomic E-state index is 0.538. The van der Waals surface area contributed by atoms with Crippen LogP contribution in [0.25, 0.3) is 0 Å². The molecule has 0 aromatic heterocycles. The van der Waals surface area contributed by atoms with Crippen molar-refractivity contribution in [1.29, 1.82) is 0 Å². The topological polar surface area (TPSA) is 35.5 Å². The molecule has 0 saturated heterocycles. The predicted molar refractivity (Wildman–Crippen MR) is 124 cm³/mol. The summed E-state index contributed by atoms with van der Waals surface area (Å²) in [5.41, 5.74) is 0. The third-order valence-electron chi connectivity index (χ3n) is 4.98. The third-order valence-corrected chi connectivity index (χ3v) is 6.64. The molecule has 0 bridgehead atoms. The van der Waals surface area contributed by atoms with E-state index in [0.29, 0.717) is 19.1 Å². The molecule has 0 aliphatic rings. The molecule has 4 heteroatoms. The largest absolute Gasteiger partial charge is 0.353 e. The van der Waals surface area contributed by atoms with Crippen molar-refractivity contribution in [2.45, 2.75) is 124 Å². The fraction of sp³-hybridized carbons (Fsp3) is 0.917. The Morgan fingerprint density at radius 3 is 1.64 bits per heavy atom. The SMILES string of the molecule is CCCCCCCCOP(=O)(C=CCCCC(C)C)OCCCCCCCC. The van der Waals surface area contributed by atoms with Crippen molar-refractivity contribution in [1.82, 2.24) is 0 Å². The number of hydrogen-bond donors (Lipinski definition) is 0. The molecule has 0 aromatic carbocycles. The van der Waals surface area contributed by atoms with E-state index in [0.717, 1.165) is 38.5 Å². The standard InChI is InChI=1S/C24H49O3P/c1-5-7-9-11-13-17-21-26-28(25,23-19-15-16-20-24(3)4)27-22-18-14-12-10-8-6-2/h19,23-24H,5-18,20-22H2,1-4H3. The molecular formula is C24H49O3P. The lowest BCUT2D eigenvalue weighted by Crippen LogP contribution is -1.98. The van der Waals surface area contributed by atoms with Crippen LogP contribution in [-0.2, 0) is 13.6 Å². The lowest BCUT2D eigenvalue weighted by molar-refractivity contribution is 0.205. The molecular weight excluding hydrogens is 367 g/mol. The zero-order valence-corrected chi connectivity index (χ0v) is 20.3. The highest BCUT2D eigenvalue weighted by Gasteiger charge is 2.20. The van der Waals surface area contributed by atoms with Gasteiger partial charge in [0.25, 0.3) is 0 Å². The van der Waals surface area contributed by atoms with E-state index in [9.17, 15) is 4.57 Å². The predicted octanol–water partition coefficient (Wildman–Crippen LogP) is 9.27. The van der Waals surface area contributed by atoms with Gasteiger partial charge in [-0.2, -0.15) is 0 Å². The highest BCUT2D eigenvalue weighted by Crippen LogP contribution is 2.50. The van der Waals surface area contributed by atoms with E-state index in [1.807, 2.05) is 6.08 Å². The Kier molecular flexibility index (Phi) is 20.1. The first kappa shape index (κ1) is 27.9. The third kappa shape index (κ3) is 19.2. The summed E-state index contributed by atoms with van der Waals surface area (Å²) in [6.07, 6.45) is 19.7. The summed E-state index contributed by atoms with van der Waals surface area (Å²) in [7, 11) is -3.09. The Morgan fingerprint density at radius 2 is 1.18 bits per heavy atom. The highest BCUT2D eigenvalue weighted by molar-refractivity contribution is 7.57. The fourth-order valence-corrected chi connectivity index (χ4v) is 4.54. The van der Waals surface area contributed by atoms with Gasteiger partial charge in [-0.05, 0) is 31.6 Å². The Hall–Kier alpha value is -0.110. The summed E-state index contributed by atoms with van der Waals surface area (Å²) in [6.45, 7) is 10.0. The van der Waals surface area contributed by atoms with Gasteiger partial charge in [0.05, 0.1) is 13.2 Å². The quantitative estimate of drug-likeness (QED) is 0.138. The van der Waals surface area contributed by atoms with Crippen molar-refractivity contribution in [2.24, 2.45) is 5.92 Å². The molecule has 0 heterocycles. The van der Waals surface area contributed by atoms with Crippen LogP contribution in [0.2, 0.25) is 0 Å². The second-order valence-electron chi connectivity index (χ2n) is 8.45. The molecule has 0 atom stereocenters. The molecule has 0 amide bonds. The number of hydrogen-bond acceptors (Lipinski definition) is 3. The number of rotatable bonds is 21. The maximum absolute atomic E-state index is 13.0. The van der Waals surface area contributed by atoms with Gasteiger partial charge in [0.2, 0.25) is 0 Å². The second-order valence-corrected chi connectivity index (χ2v) is 10.3. The zero-order valence-electron chi connectivity index (χ0n) is 19.4. The highest BCUT2D eigenvalue weighted by atomic mass is 31.2. The molecule has 3 nitrogen and oxygen atoms in total. The van der Waals surface area contributed by atoms with E-state index in [2.05, 4.69) is 27.7 Å². The van der Waals surface area contributed by atoms with Crippen molar-refractivity contribution in [2.75, 3.05) is 13.2 Å². The normalized spacial score (nSPS) is 12.5. The van der Waals surface area contributed by atoms with Crippen LogP contribution in [0, 0.1) is 5.92 Å². The molecule has 0 aromatic rings. The van der Waals surface area contributed by atoms with Gasteiger partial charge in [-0.25, -0.2) is 0 Å². The van der Waals surface area contributed by atoms with Gasteiger partial charge in [0.15, 0.2) is 0 Å². The Morgan fingerprint density at radius 1 is 0.714 bits per heavy atom. The smallest absolute Gasteiger partial charge is 0.306 e. The molecule has 28 heavy (non-hydrogen) atoms. The lowest BCUT2D eigenvalue weighted by Gasteiger charge is -2.15. The van der Waals surface area contributed by atoms with Crippen LogP contribution < -0.4 is 0 Å². The van der Waals surface area contributed by atoms with Gasteiger partial charge in [0.1, 0.15) is 0 Å². The fourth-order valence-electron chi connectivity index (χ4n) is 3.12. The zero-order chi connectivity index (χ0) is 20.9. The molecule has 0 rings (SSSR count). The van der Waals surface area contributed by atoms with E-state index in [4.69, 9.17) is 9.05 Å². The van der Waals surface area contributed by atoms with Gasteiger partial charge in [-0.1, -0.05) is 104 Å². The first-order valence-corrected chi connectivity index (χ1v) is 13.7. The Labute approximate surface area is 176 Å². The van der Waals surface area contributed by atoms with Gasteiger partial charge < -0.3 is 9.05 Å². The van der Waals surface area contributed by atoms with Gasteiger partial charge >= 0.3 is 7.60 Å². The first-order valence-electron chi connectivity index (χ1n) is 12.1. The van der Waals surface area contributed by atoms with Crippen LogP contribution >= 0.6 is 7.60 Å². The van der Waals surface area contributed by atoms with E-state index < -0.39 is 7.60 Å². The molecule has 0 fully saturated rings. The number of allylic oxidation sites excluding steroid dienone is 1. The van der Waals surface area contributed by atoms with Crippen LogP contribution in [-0.4, -0.2) is 13.2 Å². The van der Waals surface area contributed by atoms with E-state index >= 15 is 0 Å². The molecule has 0 aliphatic carbocycles. The lowest BCUT2D eigenvalue weighted by atomic mass is 10.1. The monoisotopic (exact) mass is 416 g/mol. The maximum Gasteiger partial charge on any atom is 0.353 e. The van der Waals surface area contributed by atoms with Crippen molar-refractivity contribution in [3.8, 4) is 0 Å². The average Bonchev–Trinajstić information content (AvgIpc) is 2.66. The minimum Gasteiger partial charge on any atom is -0.306 e. The second kappa shape index (κ2) is 20.2. The van der Waals surface area contributed by atoms with Gasteiger partial charge in [-0.3, -0.25) is 4.57 Å². The summed E-state index contributed by atoms with van der Waals surface area (Å²) in [5.74, 6) is 2.44. The van der Waals surface area contributed by atoms with Crippen LogP contribution in [0.15, 0.2) is 11.9 Å². The molecule has 0 spiro atoms. The Balaban J connectivity index is 4.20. The molecule has 0 saturated carbocycles. The van der Waals surface area contributed by atoms with Crippen molar-refractivity contribution in [3.05, 3.63) is 11.9 Å². The first-order chi connectivity index (χ1) is 13.5. The minimum atomic E-state index is -3.09. The van der Waals surface area contributed by atoms with Crippen molar-refractivity contribution >= 4 is 7.60 Å². The van der Waals surface area contributed by atoms with Crippen molar-refractivity contribution < 1.29 is 13.6 Å². The molecule has 0 radical (unpaired) electrons. The summed E-state index contributed by atoms with van der Waals surface area (Å²) < 4.78 is 24.6. The van der Waals surface area contributed by atoms with E-state index in [1.165, 1.54) is 57.8 Å². The number of unbranched alkanes of at least 4 members (excludes halogenated alkanes) is 11. The average molecular weight is 417 g/mol. The summed E-state index contributed by atoms with van der Waals surface area (Å²) in [5, 5.41) is 0.